The van der Waals surface area contributed by atoms with Crippen LogP contribution in [0.3, 0.4) is 0 Å². The number of hydrogen-bond donors (Lipinski definition) is 2. The van der Waals surface area contributed by atoms with E-state index in [1.54, 1.807) is 0 Å². The van der Waals surface area contributed by atoms with Crippen molar-refractivity contribution in [2.24, 2.45) is 0 Å². The average Bonchev–Trinajstić information content (AvgIpc) is 2.35. The van der Waals surface area contributed by atoms with Gasteiger partial charge in [-0.1, -0.05) is 32.6 Å². The predicted octanol–water partition coefficient (Wildman–Crippen LogP) is 2.56. The molecular weight excluding hydrogens is 244 g/mol. The third-order valence-electron chi connectivity index (χ3n) is 3.57. The van der Waals surface area contributed by atoms with Gasteiger partial charge in [0.25, 0.3) is 0 Å². The van der Waals surface area contributed by atoms with Gasteiger partial charge in [-0.2, -0.15) is 0 Å². The molecule has 0 aromatic carbocycles. The quantitative estimate of drug-likeness (QED) is 0.781. The van der Waals surface area contributed by atoms with E-state index in [0.717, 1.165) is 13.0 Å². The summed E-state index contributed by atoms with van der Waals surface area (Å²) >= 11 is 1.84. The molecule has 18 heavy (non-hydrogen) atoms. The largest absolute Gasteiger partial charge is 0.355 e. The van der Waals surface area contributed by atoms with Crippen LogP contribution in [-0.4, -0.2) is 36.5 Å². The molecule has 2 atom stereocenters. The number of rotatable bonds is 6. The first-order valence-electron chi connectivity index (χ1n) is 7.33. The van der Waals surface area contributed by atoms with Crippen molar-refractivity contribution in [3.8, 4) is 0 Å². The van der Waals surface area contributed by atoms with Gasteiger partial charge in [0.1, 0.15) is 0 Å². The normalized spacial score (nSPS) is 25.2. The minimum absolute atomic E-state index is 0.193. The van der Waals surface area contributed by atoms with Crippen molar-refractivity contribution in [1.29, 1.82) is 0 Å². The van der Waals surface area contributed by atoms with Crippen molar-refractivity contribution in [3.63, 3.8) is 0 Å². The molecule has 0 aromatic heterocycles. The standard InChI is InChI=1S/C14H28N2OS/c1-3-10-16-14(17)11-18-13-9-7-5-4-6-8-12(13)15-2/h12-13,15H,3-11H2,1-2H3,(H,16,17). The Morgan fingerprint density at radius 2 is 1.94 bits per heavy atom. The second-order valence-corrected chi connectivity index (χ2v) is 6.31. The highest BCUT2D eigenvalue weighted by molar-refractivity contribution is 8.00. The van der Waals surface area contributed by atoms with Gasteiger partial charge in [-0.15, -0.1) is 11.8 Å². The van der Waals surface area contributed by atoms with Crippen molar-refractivity contribution in [3.05, 3.63) is 0 Å². The minimum atomic E-state index is 0.193. The maximum absolute atomic E-state index is 11.6. The summed E-state index contributed by atoms with van der Waals surface area (Å²) in [5, 5.41) is 6.99. The summed E-state index contributed by atoms with van der Waals surface area (Å²) in [4.78, 5) is 11.6. The number of hydrogen-bond acceptors (Lipinski definition) is 3. The number of carbonyl (C=O) groups excluding carboxylic acids is 1. The molecule has 0 heterocycles. The highest BCUT2D eigenvalue weighted by Gasteiger charge is 2.22. The molecule has 0 spiro atoms. The predicted molar refractivity (Wildman–Crippen MR) is 80.1 cm³/mol. The number of amides is 1. The van der Waals surface area contributed by atoms with Gasteiger partial charge in [0.15, 0.2) is 0 Å². The summed E-state index contributed by atoms with van der Waals surface area (Å²) in [6, 6.07) is 0.578. The Morgan fingerprint density at radius 1 is 1.22 bits per heavy atom. The molecule has 1 aliphatic carbocycles. The summed E-state index contributed by atoms with van der Waals surface area (Å²) in [5.74, 6) is 0.807. The molecule has 1 aliphatic rings. The van der Waals surface area contributed by atoms with Crippen LogP contribution in [0.1, 0.15) is 51.9 Å². The van der Waals surface area contributed by atoms with Crippen LogP contribution in [0.15, 0.2) is 0 Å². The van der Waals surface area contributed by atoms with Crippen LogP contribution in [0, 0.1) is 0 Å². The smallest absolute Gasteiger partial charge is 0.230 e. The number of thioether (sulfide) groups is 1. The fourth-order valence-electron chi connectivity index (χ4n) is 2.48. The van der Waals surface area contributed by atoms with Gasteiger partial charge in [-0.3, -0.25) is 4.79 Å². The van der Waals surface area contributed by atoms with Crippen molar-refractivity contribution in [2.75, 3.05) is 19.3 Å². The van der Waals surface area contributed by atoms with Crippen LogP contribution in [0.2, 0.25) is 0 Å². The summed E-state index contributed by atoms with van der Waals surface area (Å²) in [7, 11) is 2.05. The number of carbonyl (C=O) groups is 1. The molecule has 1 fully saturated rings. The molecule has 0 saturated heterocycles. The lowest BCUT2D eigenvalue weighted by Crippen LogP contribution is -2.37. The summed E-state index contributed by atoms with van der Waals surface area (Å²) in [5.41, 5.74) is 0. The lowest BCUT2D eigenvalue weighted by molar-refractivity contribution is -0.118. The van der Waals surface area contributed by atoms with E-state index in [0.29, 0.717) is 17.0 Å². The zero-order valence-corrected chi connectivity index (χ0v) is 12.7. The lowest BCUT2D eigenvalue weighted by atomic mass is 9.96. The van der Waals surface area contributed by atoms with Crippen LogP contribution >= 0.6 is 11.8 Å². The maximum Gasteiger partial charge on any atom is 0.230 e. The summed E-state index contributed by atoms with van der Waals surface area (Å²) < 4.78 is 0. The molecule has 0 aromatic rings. The van der Waals surface area contributed by atoms with E-state index in [2.05, 4.69) is 24.6 Å². The second-order valence-electron chi connectivity index (χ2n) is 5.09. The van der Waals surface area contributed by atoms with Crippen molar-refractivity contribution >= 4 is 17.7 Å². The van der Waals surface area contributed by atoms with Crippen molar-refractivity contribution in [1.82, 2.24) is 10.6 Å². The molecule has 0 bridgehead atoms. The fraction of sp³-hybridized carbons (Fsp3) is 0.929. The zero-order chi connectivity index (χ0) is 13.2. The third kappa shape index (κ3) is 6.10. The molecule has 2 N–H and O–H groups in total. The first kappa shape index (κ1) is 15.8. The van der Waals surface area contributed by atoms with Crippen LogP contribution in [-0.2, 0) is 4.79 Å². The zero-order valence-electron chi connectivity index (χ0n) is 11.8. The molecule has 1 amide bonds. The molecule has 0 aliphatic heterocycles. The van der Waals surface area contributed by atoms with Gasteiger partial charge in [0.05, 0.1) is 5.75 Å². The average molecular weight is 272 g/mol. The third-order valence-corrected chi connectivity index (χ3v) is 5.00. The Labute approximate surface area is 116 Å². The van der Waals surface area contributed by atoms with Gasteiger partial charge in [-0.05, 0) is 26.3 Å². The topological polar surface area (TPSA) is 41.1 Å². The highest BCUT2D eigenvalue weighted by atomic mass is 32.2. The second kappa shape index (κ2) is 9.68. The van der Waals surface area contributed by atoms with Gasteiger partial charge in [0, 0.05) is 17.8 Å². The van der Waals surface area contributed by atoms with E-state index in [1.807, 2.05) is 11.8 Å². The van der Waals surface area contributed by atoms with E-state index in [-0.39, 0.29) is 5.91 Å². The van der Waals surface area contributed by atoms with Crippen LogP contribution in [0.25, 0.3) is 0 Å². The molecule has 106 valence electrons. The first-order valence-corrected chi connectivity index (χ1v) is 8.38. The molecule has 1 saturated carbocycles. The maximum atomic E-state index is 11.6. The Bertz CT molecular complexity index is 236. The van der Waals surface area contributed by atoms with Crippen molar-refractivity contribution in [2.45, 2.75) is 63.2 Å². The van der Waals surface area contributed by atoms with Crippen LogP contribution in [0.5, 0.6) is 0 Å². The summed E-state index contributed by atoms with van der Waals surface area (Å²) in [6.45, 7) is 2.89. The Hall–Kier alpha value is -0.220. The van der Waals surface area contributed by atoms with Gasteiger partial charge >= 0.3 is 0 Å². The molecule has 1 rings (SSSR count). The summed E-state index contributed by atoms with van der Waals surface area (Å²) in [6.07, 6.45) is 8.88. The Kier molecular flexibility index (Phi) is 8.51. The van der Waals surface area contributed by atoms with E-state index in [1.165, 1.54) is 38.5 Å². The number of nitrogens with one attached hydrogen (secondary N) is 2. The fourth-order valence-corrected chi connectivity index (χ4v) is 3.78. The van der Waals surface area contributed by atoms with Crippen molar-refractivity contribution < 1.29 is 4.79 Å². The Balaban J connectivity index is 2.33. The molecule has 2 unspecified atom stereocenters. The Morgan fingerprint density at radius 3 is 2.61 bits per heavy atom. The van der Waals surface area contributed by atoms with Crippen LogP contribution < -0.4 is 10.6 Å². The first-order chi connectivity index (χ1) is 8.77. The van der Waals surface area contributed by atoms with Crippen LogP contribution in [0.4, 0.5) is 0 Å². The molecule has 4 heteroatoms. The molecule has 3 nitrogen and oxygen atoms in total. The van der Waals surface area contributed by atoms with Gasteiger partial charge in [0.2, 0.25) is 5.91 Å². The van der Waals surface area contributed by atoms with E-state index >= 15 is 0 Å². The molecule has 0 radical (unpaired) electrons. The monoisotopic (exact) mass is 272 g/mol. The van der Waals surface area contributed by atoms with E-state index in [4.69, 9.17) is 0 Å². The van der Waals surface area contributed by atoms with E-state index in [9.17, 15) is 4.79 Å². The van der Waals surface area contributed by atoms with Gasteiger partial charge in [-0.25, -0.2) is 0 Å². The SMILES string of the molecule is CCCNC(=O)CSC1CCCCCCC1NC. The lowest BCUT2D eigenvalue weighted by Gasteiger charge is -2.28. The minimum Gasteiger partial charge on any atom is -0.355 e. The highest BCUT2D eigenvalue weighted by Crippen LogP contribution is 2.27. The molecular formula is C14H28N2OS. The van der Waals surface area contributed by atoms with Gasteiger partial charge < -0.3 is 10.6 Å². The van der Waals surface area contributed by atoms with E-state index < -0.39 is 0 Å².